The van der Waals surface area contributed by atoms with E-state index in [-0.39, 0.29) is 17.7 Å². The van der Waals surface area contributed by atoms with Crippen molar-refractivity contribution in [2.45, 2.75) is 32.2 Å². The Kier molecular flexibility index (Phi) is 6.50. The number of carbonyl (C=O) groups is 2. The van der Waals surface area contributed by atoms with Crippen molar-refractivity contribution in [1.82, 2.24) is 20.2 Å². The molecule has 1 aliphatic heterocycles. The van der Waals surface area contributed by atoms with Gasteiger partial charge in [-0.1, -0.05) is 12.1 Å². The van der Waals surface area contributed by atoms with Crippen LogP contribution in [0, 0.1) is 6.92 Å². The maximum atomic E-state index is 13.2. The van der Waals surface area contributed by atoms with Gasteiger partial charge in [0.15, 0.2) is 0 Å². The van der Waals surface area contributed by atoms with Crippen LogP contribution in [0.5, 0.6) is 5.75 Å². The minimum Gasteiger partial charge on any atom is -0.496 e. The van der Waals surface area contributed by atoms with Crippen molar-refractivity contribution in [2.24, 2.45) is 0 Å². The number of fused-ring (bicyclic) bond motifs is 1. The van der Waals surface area contributed by atoms with E-state index >= 15 is 0 Å². The number of aryl methyl sites for hydroxylation is 1. The Morgan fingerprint density at radius 1 is 1.14 bits per heavy atom. The lowest BCUT2D eigenvalue weighted by atomic mass is 9.97. The molecule has 35 heavy (non-hydrogen) atoms. The summed E-state index contributed by atoms with van der Waals surface area (Å²) in [5.41, 5.74) is 1.54. The van der Waals surface area contributed by atoms with Gasteiger partial charge in [0.2, 0.25) is 0 Å². The van der Waals surface area contributed by atoms with Crippen LogP contribution in [-0.2, 0) is 6.54 Å². The third-order valence-electron chi connectivity index (χ3n) is 6.22. The Balaban J connectivity index is 1.20. The van der Waals surface area contributed by atoms with Crippen molar-refractivity contribution >= 4 is 34.1 Å². The van der Waals surface area contributed by atoms with Crippen molar-refractivity contribution in [3.63, 3.8) is 0 Å². The third-order valence-corrected chi connectivity index (χ3v) is 7.23. The van der Waals surface area contributed by atoms with E-state index in [1.807, 2.05) is 48.2 Å². The second-order valence-corrected chi connectivity index (χ2v) is 9.45. The van der Waals surface area contributed by atoms with Gasteiger partial charge in [-0.25, -0.2) is 9.97 Å². The van der Waals surface area contributed by atoms with Crippen LogP contribution in [-0.4, -0.2) is 46.9 Å². The lowest BCUT2D eigenvalue weighted by Crippen LogP contribution is -2.38. The van der Waals surface area contributed by atoms with E-state index in [1.165, 1.54) is 11.3 Å². The van der Waals surface area contributed by atoms with Crippen LogP contribution in [0.1, 0.15) is 56.3 Å². The predicted molar refractivity (Wildman–Crippen MR) is 133 cm³/mol. The van der Waals surface area contributed by atoms with Crippen LogP contribution in [0.2, 0.25) is 0 Å². The molecule has 4 aromatic rings. The highest BCUT2D eigenvalue weighted by Gasteiger charge is 2.28. The number of hydrogen-bond donors (Lipinski definition) is 1. The van der Waals surface area contributed by atoms with Gasteiger partial charge in [0.05, 0.1) is 24.2 Å². The van der Waals surface area contributed by atoms with Gasteiger partial charge < -0.3 is 19.4 Å². The second kappa shape index (κ2) is 9.87. The predicted octanol–water partition coefficient (Wildman–Crippen LogP) is 4.55. The molecule has 2 amide bonds. The Bertz CT molecular complexity index is 1370. The number of nitrogens with zero attached hydrogens (tertiary/aromatic N) is 3. The standard InChI is InChI=1S/C26H26N4O4S/c1-16-7-8-18(34-16)14-27-24(31)22-15-35-25(29-22)17-9-11-30(12-10-17)26(32)21-13-23(33-2)19-5-3-4-6-20(19)28-21/h3-8,13,15,17H,9-12,14H2,1-2H3,(H,27,31). The minimum atomic E-state index is -0.217. The molecule has 0 aliphatic carbocycles. The van der Waals surface area contributed by atoms with E-state index < -0.39 is 0 Å². The normalized spacial score (nSPS) is 14.3. The van der Waals surface area contributed by atoms with Gasteiger partial charge in [-0.05, 0) is 44.0 Å². The highest BCUT2D eigenvalue weighted by molar-refractivity contribution is 7.09. The molecule has 3 aromatic heterocycles. The van der Waals surface area contributed by atoms with Gasteiger partial charge in [-0.3, -0.25) is 9.59 Å². The average Bonchev–Trinajstić information content (AvgIpc) is 3.55. The number of rotatable bonds is 6. The Hall–Kier alpha value is -3.72. The zero-order chi connectivity index (χ0) is 24.4. The van der Waals surface area contributed by atoms with Gasteiger partial charge in [-0.15, -0.1) is 11.3 Å². The van der Waals surface area contributed by atoms with Crippen LogP contribution < -0.4 is 10.1 Å². The molecule has 1 fully saturated rings. The number of benzene rings is 1. The number of hydrogen-bond acceptors (Lipinski definition) is 7. The molecule has 1 saturated heterocycles. The van der Waals surface area contributed by atoms with Crippen LogP contribution >= 0.6 is 11.3 Å². The number of aromatic nitrogens is 2. The number of ether oxygens (including phenoxy) is 1. The summed E-state index contributed by atoms with van der Waals surface area (Å²) in [5, 5.41) is 6.46. The van der Waals surface area contributed by atoms with E-state index in [4.69, 9.17) is 9.15 Å². The zero-order valence-electron chi connectivity index (χ0n) is 19.6. The molecule has 4 heterocycles. The zero-order valence-corrected chi connectivity index (χ0v) is 20.4. The van der Waals surface area contributed by atoms with Gasteiger partial charge in [0, 0.05) is 35.8 Å². The first-order valence-electron chi connectivity index (χ1n) is 11.5. The molecule has 180 valence electrons. The highest BCUT2D eigenvalue weighted by Crippen LogP contribution is 2.32. The van der Waals surface area contributed by atoms with E-state index in [0.717, 1.165) is 34.5 Å². The molecule has 9 heteroatoms. The minimum absolute atomic E-state index is 0.0973. The van der Waals surface area contributed by atoms with Gasteiger partial charge in [0.1, 0.15) is 28.7 Å². The molecular formula is C26H26N4O4S. The molecule has 0 unspecified atom stereocenters. The number of piperidine rings is 1. The van der Waals surface area contributed by atoms with Crippen LogP contribution in [0.15, 0.2) is 52.3 Å². The summed E-state index contributed by atoms with van der Waals surface area (Å²) in [6.45, 7) is 3.41. The van der Waals surface area contributed by atoms with Crippen LogP contribution in [0.3, 0.4) is 0 Å². The summed E-state index contributed by atoms with van der Waals surface area (Å²) >= 11 is 1.49. The Labute approximate surface area is 206 Å². The van der Waals surface area contributed by atoms with Crippen molar-refractivity contribution in [1.29, 1.82) is 0 Å². The molecular weight excluding hydrogens is 464 g/mol. The number of para-hydroxylation sites is 1. The first-order chi connectivity index (χ1) is 17.0. The molecule has 1 aliphatic rings. The fourth-order valence-corrected chi connectivity index (χ4v) is 5.30. The molecule has 0 saturated carbocycles. The topological polar surface area (TPSA) is 97.6 Å². The smallest absolute Gasteiger partial charge is 0.272 e. The van der Waals surface area contributed by atoms with Gasteiger partial charge >= 0.3 is 0 Å². The summed E-state index contributed by atoms with van der Waals surface area (Å²) in [6, 6.07) is 13.1. The quantitative estimate of drug-likeness (QED) is 0.426. The maximum absolute atomic E-state index is 13.2. The van der Waals surface area contributed by atoms with Gasteiger partial charge in [-0.2, -0.15) is 0 Å². The molecule has 0 radical (unpaired) electrons. The fourth-order valence-electron chi connectivity index (χ4n) is 4.33. The number of nitrogens with one attached hydrogen (secondary N) is 1. The Morgan fingerprint density at radius 2 is 1.94 bits per heavy atom. The maximum Gasteiger partial charge on any atom is 0.272 e. The monoisotopic (exact) mass is 490 g/mol. The van der Waals surface area contributed by atoms with Crippen LogP contribution in [0.25, 0.3) is 10.9 Å². The summed E-state index contributed by atoms with van der Waals surface area (Å²) in [7, 11) is 1.60. The number of pyridine rings is 1. The lowest BCUT2D eigenvalue weighted by molar-refractivity contribution is 0.0707. The fraction of sp³-hybridized carbons (Fsp3) is 0.308. The Morgan fingerprint density at radius 3 is 2.69 bits per heavy atom. The summed E-state index contributed by atoms with van der Waals surface area (Å²) in [4.78, 5) is 36.6. The molecule has 1 aromatic carbocycles. The molecule has 0 spiro atoms. The summed E-state index contributed by atoms with van der Waals surface area (Å²) in [5.74, 6) is 2.07. The van der Waals surface area contributed by atoms with Crippen molar-refractivity contribution < 1.29 is 18.7 Å². The number of carbonyl (C=O) groups excluding carboxylic acids is 2. The number of thiazole rings is 1. The van der Waals surface area contributed by atoms with Crippen molar-refractivity contribution in [3.05, 3.63) is 75.8 Å². The van der Waals surface area contributed by atoms with E-state index in [0.29, 0.717) is 42.5 Å². The number of furan rings is 1. The highest BCUT2D eigenvalue weighted by atomic mass is 32.1. The molecule has 8 nitrogen and oxygen atoms in total. The molecule has 1 N–H and O–H groups in total. The first-order valence-corrected chi connectivity index (χ1v) is 12.4. The van der Waals surface area contributed by atoms with E-state index in [2.05, 4.69) is 15.3 Å². The number of likely N-dealkylation sites (tertiary alicyclic amines) is 1. The second-order valence-electron chi connectivity index (χ2n) is 8.56. The summed E-state index contributed by atoms with van der Waals surface area (Å²) < 4.78 is 11.0. The molecule has 0 bridgehead atoms. The first kappa shape index (κ1) is 23.0. The third kappa shape index (κ3) is 4.90. The largest absolute Gasteiger partial charge is 0.496 e. The lowest BCUT2D eigenvalue weighted by Gasteiger charge is -2.31. The number of amides is 2. The SMILES string of the molecule is COc1cc(C(=O)N2CCC(c3nc(C(=O)NCc4ccc(C)o4)cs3)CC2)nc2ccccc12. The number of methoxy groups -OCH3 is 1. The molecule has 0 atom stereocenters. The summed E-state index contributed by atoms with van der Waals surface area (Å²) in [6.07, 6.45) is 1.58. The average molecular weight is 491 g/mol. The van der Waals surface area contributed by atoms with Crippen molar-refractivity contribution in [3.8, 4) is 5.75 Å². The van der Waals surface area contributed by atoms with E-state index in [1.54, 1.807) is 18.6 Å². The van der Waals surface area contributed by atoms with Crippen molar-refractivity contribution in [2.75, 3.05) is 20.2 Å². The molecule has 5 rings (SSSR count). The van der Waals surface area contributed by atoms with Gasteiger partial charge in [0.25, 0.3) is 11.8 Å². The van der Waals surface area contributed by atoms with Crippen LogP contribution in [0.4, 0.5) is 0 Å². The van der Waals surface area contributed by atoms with E-state index in [9.17, 15) is 9.59 Å².